The Kier molecular flexibility index (Phi) is 3.76. The molecular weight excluding hydrogens is 184 g/mol. The summed E-state index contributed by atoms with van der Waals surface area (Å²) in [6.07, 6.45) is 2.08. The van der Waals surface area contributed by atoms with E-state index < -0.39 is 0 Å². The van der Waals surface area contributed by atoms with Gasteiger partial charge in [-0.05, 0) is 30.9 Å². The van der Waals surface area contributed by atoms with Crippen molar-refractivity contribution in [3.8, 4) is 0 Å². The first-order chi connectivity index (χ1) is 5.74. The van der Waals surface area contributed by atoms with E-state index in [0.29, 0.717) is 0 Å². The molecule has 64 valence electrons. The van der Waals surface area contributed by atoms with Gasteiger partial charge in [0.1, 0.15) is 0 Å². The standard InChI is InChI=1S/C10H12S2/c1-8(2)9-4-6-10(7-5-9)12-11-3/h4-7H,1H2,2-3H3. The molecule has 0 aliphatic heterocycles. The van der Waals surface area contributed by atoms with Crippen LogP contribution in [0.5, 0.6) is 0 Å². The summed E-state index contributed by atoms with van der Waals surface area (Å²) in [4.78, 5) is 1.30. The van der Waals surface area contributed by atoms with Gasteiger partial charge < -0.3 is 0 Å². The number of hydrogen-bond donors (Lipinski definition) is 0. The highest BCUT2D eigenvalue weighted by Gasteiger charge is 1.94. The highest BCUT2D eigenvalue weighted by molar-refractivity contribution is 8.76. The third-order valence-electron chi connectivity index (χ3n) is 1.53. The topological polar surface area (TPSA) is 0 Å². The molecule has 0 saturated carbocycles. The number of benzene rings is 1. The van der Waals surface area contributed by atoms with E-state index in [1.54, 1.807) is 21.6 Å². The first-order valence-electron chi connectivity index (χ1n) is 3.70. The lowest BCUT2D eigenvalue weighted by Crippen LogP contribution is -1.76. The fourth-order valence-electron chi connectivity index (χ4n) is 0.891. The van der Waals surface area contributed by atoms with Crippen molar-refractivity contribution in [1.29, 1.82) is 0 Å². The number of allylic oxidation sites excluding steroid dienone is 1. The molecule has 0 heterocycles. The van der Waals surface area contributed by atoms with Crippen LogP contribution in [0.2, 0.25) is 0 Å². The first kappa shape index (κ1) is 9.75. The van der Waals surface area contributed by atoms with Gasteiger partial charge in [-0.15, -0.1) is 0 Å². The van der Waals surface area contributed by atoms with Gasteiger partial charge in [-0.2, -0.15) is 0 Å². The summed E-state index contributed by atoms with van der Waals surface area (Å²) in [5, 5.41) is 0. The Morgan fingerprint density at radius 1 is 1.25 bits per heavy atom. The third kappa shape index (κ3) is 2.61. The van der Waals surface area contributed by atoms with Gasteiger partial charge in [0, 0.05) is 4.90 Å². The maximum atomic E-state index is 3.89. The molecule has 0 saturated heterocycles. The highest BCUT2D eigenvalue weighted by Crippen LogP contribution is 2.28. The van der Waals surface area contributed by atoms with Crippen molar-refractivity contribution >= 4 is 27.2 Å². The molecule has 0 amide bonds. The molecule has 0 aromatic heterocycles. The van der Waals surface area contributed by atoms with Crippen molar-refractivity contribution < 1.29 is 0 Å². The Labute approximate surface area is 81.8 Å². The fraction of sp³-hybridized carbons (Fsp3) is 0.200. The molecule has 1 rings (SSSR count). The van der Waals surface area contributed by atoms with Crippen LogP contribution in [0, 0.1) is 0 Å². The quantitative estimate of drug-likeness (QED) is 0.668. The number of rotatable bonds is 3. The van der Waals surface area contributed by atoms with Crippen molar-refractivity contribution in [2.24, 2.45) is 0 Å². The monoisotopic (exact) mass is 196 g/mol. The highest BCUT2D eigenvalue weighted by atomic mass is 33.1. The molecule has 0 bridgehead atoms. The van der Waals surface area contributed by atoms with E-state index in [1.807, 2.05) is 6.92 Å². The van der Waals surface area contributed by atoms with Crippen LogP contribution < -0.4 is 0 Å². The van der Waals surface area contributed by atoms with Gasteiger partial charge >= 0.3 is 0 Å². The van der Waals surface area contributed by atoms with Crippen LogP contribution in [0.3, 0.4) is 0 Å². The average Bonchev–Trinajstić information content (AvgIpc) is 2.06. The molecule has 0 radical (unpaired) electrons. The van der Waals surface area contributed by atoms with Gasteiger partial charge in [0.25, 0.3) is 0 Å². The molecule has 0 nitrogen and oxygen atoms in total. The van der Waals surface area contributed by atoms with E-state index in [4.69, 9.17) is 0 Å². The normalized spacial score (nSPS) is 9.83. The summed E-state index contributed by atoms with van der Waals surface area (Å²) >= 11 is 0. The summed E-state index contributed by atoms with van der Waals surface area (Å²) in [7, 11) is 3.55. The van der Waals surface area contributed by atoms with Crippen molar-refractivity contribution in [2.75, 3.05) is 6.26 Å². The SMILES string of the molecule is C=C(C)c1ccc(SSC)cc1. The Morgan fingerprint density at radius 2 is 1.83 bits per heavy atom. The van der Waals surface area contributed by atoms with E-state index in [9.17, 15) is 0 Å². The van der Waals surface area contributed by atoms with Gasteiger partial charge in [-0.1, -0.05) is 45.9 Å². The van der Waals surface area contributed by atoms with Crippen molar-refractivity contribution in [3.05, 3.63) is 36.4 Å². The summed E-state index contributed by atoms with van der Waals surface area (Å²) in [5.41, 5.74) is 2.34. The van der Waals surface area contributed by atoms with Crippen LogP contribution >= 0.6 is 21.6 Å². The third-order valence-corrected chi connectivity index (χ3v) is 3.24. The predicted octanol–water partition coefficient (Wildman–Crippen LogP) is 4.09. The molecule has 0 aliphatic carbocycles. The Hall–Kier alpha value is -0.340. The van der Waals surface area contributed by atoms with Gasteiger partial charge in [-0.25, -0.2) is 0 Å². The second-order valence-electron chi connectivity index (χ2n) is 2.55. The fourth-order valence-corrected chi connectivity index (χ4v) is 2.24. The molecule has 0 aliphatic rings. The molecule has 0 unspecified atom stereocenters. The maximum absolute atomic E-state index is 3.89. The molecule has 0 spiro atoms. The molecular formula is C10H12S2. The second-order valence-corrected chi connectivity index (χ2v) is 5.03. The summed E-state index contributed by atoms with van der Waals surface area (Å²) in [5.74, 6) is 0. The van der Waals surface area contributed by atoms with Crippen LogP contribution in [0.15, 0.2) is 35.7 Å². The zero-order valence-electron chi connectivity index (χ0n) is 7.33. The van der Waals surface area contributed by atoms with Gasteiger partial charge in [-0.3, -0.25) is 0 Å². The minimum atomic E-state index is 1.12. The van der Waals surface area contributed by atoms with Crippen LogP contribution in [-0.2, 0) is 0 Å². The van der Waals surface area contributed by atoms with Gasteiger partial charge in [0.2, 0.25) is 0 Å². The van der Waals surface area contributed by atoms with E-state index in [-0.39, 0.29) is 0 Å². The van der Waals surface area contributed by atoms with Crippen LogP contribution in [0.1, 0.15) is 12.5 Å². The lowest BCUT2D eigenvalue weighted by molar-refractivity contribution is 1.44. The minimum Gasteiger partial charge on any atom is -0.0955 e. The molecule has 12 heavy (non-hydrogen) atoms. The first-order valence-corrected chi connectivity index (χ1v) is 6.26. The minimum absolute atomic E-state index is 1.12. The van der Waals surface area contributed by atoms with Crippen molar-refractivity contribution in [1.82, 2.24) is 0 Å². The molecule has 0 fully saturated rings. The van der Waals surface area contributed by atoms with Crippen LogP contribution in [0.25, 0.3) is 5.57 Å². The maximum Gasteiger partial charge on any atom is 0.0183 e. The van der Waals surface area contributed by atoms with E-state index >= 15 is 0 Å². The Morgan fingerprint density at radius 3 is 2.25 bits per heavy atom. The average molecular weight is 196 g/mol. The zero-order chi connectivity index (χ0) is 8.97. The molecule has 2 heteroatoms. The lowest BCUT2D eigenvalue weighted by atomic mass is 10.1. The van der Waals surface area contributed by atoms with Crippen LogP contribution in [0.4, 0.5) is 0 Å². The molecule has 1 aromatic rings. The molecule has 0 N–H and O–H groups in total. The number of hydrogen-bond acceptors (Lipinski definition) is 2. The van der Waals surface area contributed by atoms with Crippen molar-refractivity contribution in [3.63, 3.8) is 0 Å². The summed E-state index contributed by atoms with van der Waals surface area (Å²) in [6, 6.07) is 8.48. The van der Waals surface area contributed by atoms with Crippen LogP contribution in [-0.4, -0.2) is 6.26 Å². The van der Waals surface area contributed by atoms with E-state index in [1.165, 1.54) is 10.5 Å². The summed E-state index contributed by atoms with van der Waals surface area (Å²) in [6.45, 7) is 5.91. The zero-order valence-corrected chi connectivity index (χ0v) is 8.97. The second kappa shape index (κ2) is 4.63. The van der Waals surface area contributed by atoms with Crippen molar-refractivity contribution in [2.45, 2.75) is 11.8 Å². The molecule has 0 atom stereocenters. The smallest absolute Gasteiger partial charge is 0.0183 e. The van der Waals surface area contributed by atoms with Gasteiger partial charge in [0.15, 0.2) is 0 Å². The van der Waals surface area contributed by atoms with E-state index in [2.05, 4.69) is 37.1 Å². The summed E-state index contributed by atoms with van der Waals surface area (Å²) < 4.78 is 0. The Balaban J connectivity index is 2.78. The predicted molar refractivity (Wildman–Crippen MR) is 60.5 cm³/mol. The largest absolute Gasteiger partial charge is 0.0955 e. The molecule has 1 aromatic carbocycles. The lowest BCUT2D eigenvalue weighted by Gasteiger charge is -2.00. The Bertz CT molecular complexity index is 262. The van der Waals surface area contributed by atoms with E-state index in [0.717, 1.165) is 5.57 Å². The van der Waals surface area contributed by atoms with Gasteiger partial charge in [0.05, 0.1) is 0 Å².